The van der Waals surface area contributed by atoms with Gasteiger partial charge in [0.05, 0.1) is 5.52 Å². The Hall–Kier alpha value is -2.39. The first kappa shape index (κ1) is 18.9. The number of hydrogen-bond donors (Lipinski definition) is 0. The van der Waals surface area contributed by atoms with Crippen LogP contribution in [0.5, 0.6) is 0 Å². The summed E-state index contributed by atoms with van der Waals surface area (Å²) in [4.78, 5) is 6.59. The van der Waals surface area contributed by atoms with E-state index in [2.05, 4.69) is 71.9 Å². The SMILES string of the molecule is CCCCCc1ccc2c(c1)c1c(n2/C=C(\C)c2ccncc2)CCN(C)C1. The van der Waals surface area contributed by atoms with Gasteiger partial charge in [-0.15, -0.1) is 0 Å². The van der Waals surface area contributed by atoms with E-state index in [1.54, 1.807) is 0 Å². The zero-order valence-corrected chi connectivity index (χ0v) is 17.4. The van der Waals surface area contributed by atoms with Crippen molar-refractivity contribution in [1.82, 2.24) is 14.5 Å². The maximum atomic E-state index is 4.15. The summed E-state index contributed by atoms with van der Waals surface area (Å²) in [5.41, 5.74) is 8.31. The quantitative estimate of drug-likeness (QED) is 0.511. The molecule has 0 saturated heterocycles. The van der Waals surface area contributed by atoms with Crippen LogP contribution in [0.15, 0.2) is 42.7 Å². The summed E-state index contributed by atoms with van der Waals surface area (Å²) in [5.74, 6) is 0. The molecular weight excluding hydrogens is 342 g/mol. The van der Waals surface area contributed by atoms with Crippen LogP contribution in [-0.4, -0.2) is 28.0 Å². The molecule has 0 N–H and O–H groups in total. The number of pyridine rings is 1. The Morgan fingerprint density at radius 1 is 1.14 bits per heavy atom. The molecule has 28 heavy (non-hydrogen) atoms. The molecule has 1 aliphatic heterocycles. The summed E-state index contributed by atoms with van der Waals surface area (Å²) in [6.45, 7) is 6.63. The van der Waals surface area contributed by atoms with Gasteiger partial charge in [0.15, 0.2) is 0 Å². The van der Waals surface area contributed by atoms with Crippen molar-refractivity contribution in [2.75, 3.05) is 13.6 Å². The predicted octanol–water partition coefficient (Wildman–Crippen LogP) is 5.77. The first-order chi connectivity index (χ1) is 13.7. The van der Waals surface area contributed by atoms with E-state index in [1.807, 2.05) is 12.4 Å². The van der Waals surface area contributed by atoms with Crippen LogP contribution in [0.2, 0.25) is 0 Å². The number of aromatic nitrogens is 2. The monoisotopic (exact) mass is 373 g/mol. The topological polar surface area (TPSA) is 21.1 Å². The molecule has 3 heteroatoms. The maximum absolute atomic E-state index is 4.15. The summed E-state index contributed by atoms with van der Waals surface area (Å²) in [5, 5.41) is 1.44. The Kier molecular flexibility index (Phi) is 5.63. The summed E-state index contributed by atoms with van der Waals surface area (Å²) >= 11 is 0. The number of hydrogen-bond acceptors (Lipinski definition) is 2. The van der Waals surface area contributed by atoms with E-state index in [9.17, 15) is 0 Å². The van der Waals surface area contributed by atoms with Gasteiger partial charge in [-0.3, -0.25) is 4.98 Å². The smallest absolute Gasteiger partial charge is 0.0529 e. The van der Waals surface area contributed by atoms with E-state index in [0.29, 0.717) is 0 Å². The number of aryl methyl sites for hydroxylation is 1. The number of rotatable bonds is 6. The normalized spacial score (nSPS) is 15.2. The van der Waals surface area contributed by atoms with Gasteiger partial charge < -0.3 is 9.47 Å². The van der Waals surface area contributed by atoms with Crippen molar-refractivity contribution in [3.63, 3.8) is 0 Å². The Balaban J connectivity index is 1.80. The van der Waals surface area contributed by atoms with Gasteiger partial charge in [-0.25, -0.2) is 0 Å². The molecule has 0 bridgehead atoms. The van der Waals surface area contributed by atoms with E-state index in [0.717, 1.165) is 19.5 Å². The first-order valence-corrected chi connectivity index (χ1v) is 10.6. The second kappa shape index (κ2) is 8.32. The Morgan fingerprint density at radius 2 is 1.96 bits per heavy atom. The number of likely N-dealkylation sites (N-methyl/N-ethyl adjacent to an activating group) is 1. The highest BCUT2D eigenvalue weighted by Crippen LogP contribution is 2.33. The van der Waals surface area contributed by atoms with Crippen LogP contribution in [0.25, 0.3) is 22.7 Å². The molecule has 0 amide bonds. The van der Waals surface area contributed by atoms with Gasteiger partial charge in [0.2, 0.25) is 0 Å². The molecule has 146 valence electrons. The van der Waals surface area contributed by atoms with Crippen molar-refractivity contribution in [2.24, 2.45) is 0 Å². The summed E-state index contributed by atoms with van der Waals surface area (Å²) in [6.07, 6.45) is 12.2. The molecule has 0 fully saturated rings. The number of benzene rings is 1. The fourth-order valence-electron chi connectivity index (χ4n) is 4.34. The molecule has 0 radical (unpaired) electrons. The molecule has 3 heterocycles. The van der Waals surface area contributed by atoms with Gasteiger partial charge in [0.1, 0.15) is 0 Å². The Bertz CT molecular complexity index is 982. The van der Waals surface area contributed by atoms with Crippen molar-refractivity contribution in [3.05, 3.63) is 65.1 Å². The number of unbranched alkanes of at least 4 members (excludes halogenated alkanes) is 2. The third kappa shape index (κ3) is 3.77. The van der Waals surface area contributed by atoms with Gasteiger partial charge in [-0.2, -0.15) is 0 Å². The fraction of sp³-hybridized carbons (Fsp3) is 0.400. The second-order valence-corrected chi connectivity index (χ2v) is 8.14. The molecule has 3 aromatic rings. The van der Waals surface area contributed by atoms with Crippen molar-refractivity contribution in [2.45, 2.75) is 52.5 Å². The zero-order chi connectivity index (χ0) is 19.5. The number of fused-ring (bicyclic) bond motifs is 3. The lowest BCUT2D eigenvalue weighted by molar-refractivity contribution is 0.312. The van der Waals surface area contributed by atoms with Crippen LogP contribution < -0.4 is 0 Å². The molecular formula is C25H31N3. The molecule has 1 aliphatic rings. The lowest BCUT2D eigenvalue weighted by atomic mass is 10.0. The summed E-state index contributed by atoms with van der Waals surface area (Å²) < 4.78 is 2.45. The van der Waals surface area contributed by atoms with Crippen molar-refractivity contribution in [3.8, 4) is 0 Å². The average molecular weight is 374 g/mol. The minimum absolute atomic E-state index is 1.04. The largest absolute Gasteiger partial charge is 0.320 e. The van der Waals surface area contributed by atoms with E-state index in [-0.39, 0.29) is 0 Å². The molecule has 1 aromatic carbocycles. The third-order valence-electron chi connectivity index (χ3n) is 5.97. The molecule has 0 saturated carbocycles. The average Bonchev–Trinajstić information content (AvgIpc) is 3.01. The van der Waals surface area contributed by atoms with Crippen LogP contribution in [0.4, 0.5) is 0 Å². The van der Waals surface area contributed by atoms with Crippen LogP contribution in [0.3, 0.4) is 0 Å². The maximum Gasteiger partial charge on any atom is 0.0529 e. The molecule has 3 nitrogen and oxygen atoms in total. The van der Waals surface area contributed by atoms with Gasteiger partial charge in [-0.1, -0.05) is 25.8 Å². The standard InChI is InChI=1S/C25H31N3/c1-4-5-6-7-20-8-9-24-22(16-20)23-18-27(3)15-12-25(23)28(24)17-19(2)21-10-13-26-14-11-21/h8-11,13-14,16-17H,4-7,12,15,18H2,1-3H3/b19-17+. The highest BCUT2D eigenvalue weighted by Gasteiger charge is 2.22. The molecule has 0 atom stereocenters. The summed E-state index contributed by atoms with van der Waals surface area (Å²) in [6, 6.07) is 11.3. The Morgan fingerprint density at radius 3 is 2.75 bits per heavy atom. The van der Waals surface area contributed by atoms with Crippen LogP contribution >= 0.6 is 0 Å². The number of allylic oxidation sites excluding steroid dienone is 1. The fourth-order valence-corrected chi connectivity index (χ4v) is 4.34. The molecule has 2 aromatic heterocycles. The molecule has 0 aliphatic carbocycles. The van der Waals surface area contributed by atoms with Gasteiger partial charge in [0, 0.05) is 49.2 Å². The third-order valence-corrected chi connectivity index (χ3v) is 5.97. The lowest BCUT2D eigenvalue weighted by Crippen LogP contribution is -2.26. The number of nitrogens with zero attached hydrogens (tertiary/aromatic N) is 3. The molecule has 0 unspecified atom stereocenters. The van der Waals surface area contributed by atoms with Crippen molar-refractivity contribution < 1.29 is 0 Å². The van der Waals surface area contributed by atoms with Gasteiger partial charge >= 0.3 is 0 Å². The van der Waals surface area contributed by atoms with Crippen LogP contribution in [0.1, 0.15) is 55.5 Å². The van der Waals surface area contributed by atoms with E-state index in [4.69, 9.17) is 0 Å². The van der Waals surface area contributed by atoms with E-state index in [1.165, 1.54) is 64.5 Å². The minimum atomic E-state index is 1.04. The second-order valence-electron chi connectivity index (χ2n) is 8.14. The lowest BCUT2D eigenvalue weighted by Gasteiger charge is -2.23. The predicted molar refractivity (Wildman–Crippen MR) is 119 cm³/mol. The van der Waals surface area contributed by atoms with Gasteiger partial charge in [-0.05, 0) is 73.3 Å². The minimum Gasteiger partial charge on any atom is -0.320 e. The highest BCUT2D eigenvalue weighted by molar-refractivity contribution is 5.90. The van der Waals surface area contributed by atoms with E-state index < -0.39 is 0 Å². The molecule has 0 spiro atoms. The molecule has 4 rings (SSSR count). The van der Waals surface area contributed by atoms with Gasteiger partial charge in [0.25, 0.3) is 0 Å². The van der Waals surface area contributed by atoms with E-state index >= 15 is 0 Å². The summed E-state index contributed by atoms with van der Waals surface area (Å²) in [7, 11) is 2.23. The first-order valence-electron chi connectivity index (χ1n) is 10.6. The zero-order valence-electron chi connectivity index (χ0n) is 17.4. The van der Waals surface area contributed by atoms with Crippen LogP contribution in [-0.2, 0) is 19.4 Å². The highest BCUT2D eigenvalue weighted by atomic mass is 15.1. The van der Waals surface area contributed by atoms with Crippen LogP contribution in [0, 0.1) is 0 Å². The Labute approximate surface area is 168 Å². The van der Waals surface area contributed by atoms with Crippen molar-refractivity contribution >= 4 is 22.7 Å². The van der Waals surface area contributed by atoms with Crippen molar-refractivity contribution in [1.29, 1.82) is 0 Å².